The van der Waals surface area contributed by atoms with E-state index in [1.807, 2.05) is 36.0 Å². The summed E-state index contributed by atoms with van der Waals surface area (Å²) >= 11 is 1.55. The van der Waals surface area contributed by atoms with Crippen molar-refractivity contribution in [1.29, 1.82) is 0 Å². The van der Waals surface area contributed by atoms with Gasteiger partial charge in [-0.2, -0.15) is 0 Å². The Morgan fingerprint density at radius 1 is 1.33 bits per heavy atom. The Morgan fingerprint density at radius 3 is 2.81 bits per heavy atom. The Bertz CT molecular complexity index is 649. The molecule has 112 valence electrons. The molecular formula is C14H18N4O2S. The van der Waals surface area contributed by atoms with Crippen molar-refractivity contribution in [3.8, 4) is 0 Å². The first-order valence-corrected chi connectivity index (χ1v) is 8.04. The molecule has 2 atom stereocenters. The van der Waals surface area contributed by atoms with Gasteiger partial charge < -0.3 is 10.2 Å². The Morgan fingerprint density at radius 2 is 2.14 bits per heavy atom. The average molecular weight is 306 g/mol. The van der Waals surface area contributed by atoms with Crippen molar-refractivity contribution in [2.45, 2.75) is 45.3 Å². The number of nitrogens with zero attached hydrogens (tertiary/aromatic N) is 3. The van der Waals surface area contributed by atoms with Crippen LogP contribution < -0.4 is 5.32 Å². The molecule has 2 unspecified atom stereocenters. The van der Waals surface area contributed by atoms with Crippen molar-refractivity contribution in [1.82, 2.24) is 19.6 Å². The van der Waals surface area contributed by atoms with Crippen LogP contribution in [0.4, 0.5) is 0 Å². The summed E-state index contributed by atoms with van der Waals surface area (Å²) in [5.41, 5.74) is 0.818. The number of rotatable bonds is 4. The number of fused-ring (bicyclic) bond motifs is 1. The number of piperazine rings is 1. The molecule has 6 nitrogen and oxygen atoms in total. The van der Waals surface area contributed by atoms with E-state index >= 15 is 0 Å². The summed E-state index contributed by atoms with van der Waals surface area (Å²) in [6.07, 6.45) is 5.07. The Balaban J connectivity index is 1.87. The highest BCUT2D eigenvalue weighted by Gasteiger charge is 2.38. The second-order valence-corrected chi connectivity index (χ2v) is 6.06. The van der Waals surface area contributed by atoms with Crippen molar-refractivity contribution in [2.75, 3.05) is 0 Å². The van der Waals surface area contributed by atoms with Crippen LogP contribution in [-0.4, -0.2) is 38.2 Å². The maximum absolute atomic E-state index is 12.5. The molecule has 2 aromatic rings. The fourth-order valence-electron chi connectivity index (χ4n) is 2.72. The van der Waals surface area contributed by atoms with E-state index in [9.17, 15) is 9.59 Å². The number of thiazole rings is 1. The number of hydrogen-bond acceptors (Lipinski definition) is 4. The second kappa shape index (κ2) is 5.48. The van der Waals surface area contributed by atoms with E-state index in [4.69, 9.17) is 0 Å². The van der Waals surface area contributed by atoms with E-state index in [0.717, 1.165) is 10.7 Å². The van der Waals surface area contributed by atoms with Gasteiger partial charge in [-0.25, -0.2) is 4.98 Å². The molecule has 2 amide bonds. The zero-order valence-corrected chi connectivity index (χ0v) is 12.9. The number of aromatic nitrogens is 2. The molecule has 0 aliphatic carbocycles. The fraction of sp³-hybridized carbons (Fsp3) is 0.500. The smallest absolute Gasteiger partial charge is 0.246 e. The molecule has 0 saturated carbocycles. The minimum atomic E-state index is -0.413. The third-order valence-corrected chi connectivity index (χ3v) is 4.62. The quantitative estimate of drug-likeness (QED) is 0.929. The molecule has 0 radical (unpaired) electrons. The first kappa shape index (κ1) is 14.1. The van der Waals surface area contributed by atoms with Crippen LogP contribution in [0.2, 0.25) is 0 Å². The fourth-order valence-corrected chi connectivity index (χ4v) is 3.44. The molecule has 3 heterocycles. The Labute approximate surface area is 126 Å². The summed E-state index contributed by atoms with van der Waals surface area (Å²) in [7, 11) is 0. The van der Waals surface area contributed by atoms with Crippen LogP contribution in [0.25, 0.3) is 4.96 Å². The molecule has 1 saturated heterocycles. The van der Waals surface area contributed by atoms with Crippen LogP contribution in [0.1, 0.15) is 32.4 Å². The molecule has 1 aliphatic heterocycles. The molecule has 7 heteroatoms. The number of nitrogens with one attached hydrogen (secondary N) is 1. The molecule has 3 rings (SSSR count). The molecule has 1 N–H and O–H groups in total. The van der Waals surface area contributed by atoms with E-state index < -0.39 is 12.1 Å². The maximum Gasteiger partial charge on any atom is 0.246 e. The molecular weight excluding hydrogens is 288 g/mol. The van der Waals surface area contributed by atoms with Gasteiger partial charge in [-0.3, -0.25) is 14.0 Å². The highest BCUT2D eigenvalue weighted by atomic mass is 32.1. The standard InChI is InChI=1S/C14H18N4O2S/c1-3-10-13(20)18(11(4-2)12(19)16-10)8-9-7-17-5-6-21-14(17)15-9/h5-7,10-11H,3-4,8H2,1-2H3,(H,16,19). The van der Waals surface area contributed by atoms with Gasteiger partial charge in [-0.1, -0.05) is 13.8 Å². The lowest BCUT2D eigenvalue weighted by atomic mass is 10.0. The lowest BCUT2D eigenvalue weighted by Gasteiger charge is -2.38. The number of carbonyl (C=O) groups is 2. The number of carbonyl (C=O) groups excluding carboxylic acids is 2. The monoisotopic (exact) mass is 306 g/mol. The van der Waals surface area contributed by atoms with Crippen molar-refractivity contribution >= 4 is 28.1 Å². The van der Waals surface area contributed by atoms with Gasteiger partial charge in [0.05, 0.1) is 12.2 Å². The lowest BCUT2D eigenvalue weighted by molar-refractivity contribution is -0.150. The highest BCUT2D eigenvalue weighted by molar-refractivity contribution is 7.15. The molecule has 1 aliphatic rings. The van der Waals surface area contributed by atoms with Gasteiger partial charge in [0.25, 0.3) is 0 Å². The number of imidazole rings is 1. The highest BCUT2D eigenvalue weighted by Crippen LogP contribution is 2.19. The maximum atomic E-state index is 12.5. The van der Waals surface area contributed by atoms with Gasteiger partial charge in [0.1, 0.15) is 12.1 Å². The Hall–Kier alpha value is -1.89. The van der Waals surface area contributed by atoms with Crippen molar-refractivity contribution in [3.63, 3.8) is 0 Å². The molecule has 2 aromatic heterocycles. The van der Waals surface area contributed by atoms with Crippen molar-refractivity contribution in [3.05, 3.63) is 23.5 Å². The van der Waals surface area contributed by atoms with E-state index in [-0.39, 0.29) is 11.8 Å². The van der Waals surface area contributed by atoms with Gasteiger partial charge in [-0.05, 0) is 12.8 Å². The van der Waals surface area contributed by atoms with E-state index in [0.29, 0.717) is 19.4 Å². The van der Waals surface area contributed by atoms with Gasteiger partial charge in [0.15, 0.2) is 4.96 Å². The average Bonchev–Trinajstić information content (AvgIpc) is 3.03. The summed E-state index contributed by atoms with van der Waals surface area (Å²) in [5.74, 6) is -0.0784. The molecule has 21 heavy (non-hydrogen) atoms. The molecule has 0 bridgehead atoms. The van der Waals surface area contributed by atoms with Crippen LogP contribution in [-0.2, 0) is 16.1 Å². The van der Waals surface area contributed by atoms with Crippen LogP contribution >= 0.6 is 11.3 Å². The van der Waals surface area contributed by atoms with Crippen LogP contribution in [0, 0.1) is 0 Å². The van der Waals surface area contributed by atoms with Gasteiger partial charge >= 0.3 is 0 Å². The van der Waals surface area contributed by atoms with Gasteiger partial charge in [0.2, 0.25) is 11.8 Å². The van der Waals surface area contributed by atoms with Crippen molar-refractivity contribution < 1.29 is 9.59 Å². The van der Waals surface area contributed by atoms with E-state index in [1.165, 1.54) is 0 Å². The lowest BCUT2D eigenvalue weighted by Crippen LogP contribution is -2.62. The summed E-state index contributed by atoms with van der Waals surface area (Å²) in [5, 5.41) is 4.77. The predicted molar refractivity (Wildman–Crippen MR) is 79.9 cm³/mol. The van der Waals surface area contributed by atoms with Crippen molar-refractivity contribution in [2.24, 2.45) is 0 Å². The summed E-state index contributed by atoms with van der Waals surface area (Å²) < 4.78 is 1.94. The topological polar surface area (TPSA) is 66.7 Å². The largest absolute Gasteiger partial charge is 0.343 e. The SMILES string of the molecule is CCC1NC(=O)C(CC)N(Cc2cn3ccsc3n2)C1=O. The molecule has 1 fully saturated rings. The van der Waals surface area contributed by atoms with Crippen LogP contribution in [0.5, 0.6) is 0 Å². The minimum absolute atomic E-state index is 0.0136. The second-order valence-electron chi connectivity index (χ2n) is 5.18. The summed E-state index contributed by atoms with van der Waals surface area (Å²) in [4.78, 5) is 31.7. The number of hydrogen-bond donors (Lipinski definition) is 1. The minimum Gasteiger partial charge on any atom is -0.343 e. The predicted octanol–water partition coefficient (Wildman–Crippen LogP) is 1.41. The summed E-state index contributed by atoms with van der Waals surface area (Å²) in [6, 6.07) is -0.816. The first-order chi connectivity index (χ1) is 10.1. The zero-order valence-electron chi connectivity index (χ0n) is 12.1. The van der Waals surface area contributed by atoms with E-state index in [2.05, 4.69) is 10.3 Å². The van der Waals surface area contributed by atoms with E-state index in [1.54, 1.807) is 16.2 Å². The normalized spacial score (nSPS) is 22.9. The third-order valence-electron chi connectivity index (χ3n) is 3.85. The summed E-state index contributed by atoms with van der Waals surface area (Å²) in [6.45, 7) is 4.21. The third kappa shape index (κ3) is 2.42. The van der Waals surface area contributed by atoms with Gasteiger partial charge in [-0.15, -0.1) is 11.3 Å². The van der Waals surface area contributed by atoms with Crippen LogP contribution in [0.15, 0.2) is 17.8 Å². The van der Waals surface area contributed by atoms with Gasteiger partial charge in [0, 0.05) is 17.8 Å². The van der Waals surface area contributed by atoms with Crippen LogP contribution in [0.3, 0.4) is 0 Å². The Kier molecular flexibility index (Phi) is 3.67. The molecule has 0 spiro atoms. The molecule has 0 aromatic carbocycles. The number of amides is 2. The first-order valence-electron chi connectivity index (χ1n) is 7.16. The zero-order chi connectivity index (χ0) is 15.0.